The standard InChI is InChI=1S/C41H39Cl2N3O5S/c42-37-25-20-31(26-38(37)43)28-45(39(27-30-12-4-1-5-13-30)41(48)44-32-14-10-11-15-32)40(47)29-46(52(49,50)36-18-8-3-9-19-36)33-21-23-35(24-22-33)51-34-16-6-2-7-17-34/h1-9,12-13,16-26,32,39H,10-11,14-15,27-29H2,(H,44,48)/t39-/m0/s1. The Morgan fingerprint density at radius 2 is 1.33 bits per heavy atom. The van der Waals surface area contributed by atoms with Gasteiger partial charge in [0.2, 0.25) is 11.8 Å². The third-order valence-corrected chi connectivity index (χ3v) is 11.6. The Morgan fingerprint density at radius 1 is 0.731 bits per heavy atom. The summed E-state index contributed by atoms with van der Waals surface area (Å²) in [7, 11) is -4.26. The van der Waals surface area contributed by atoms with E-state index in [0.717, 1.165) is 35.6 Å². The Hall–Kier alpha value is -4.83. The van der Waals surface area contributed by atoms with Crippen LogP contribution in [0.1, 0.15) is 36.8 Å². The maximum Gasteiger partial charge on any atom is 0.264 e. The number of para-hydroxylation sites is 1. The number of nitrogens with zero attached hydrogens (tertiary/aromatic N) is 2. The van der Waals surface area contributed by atoms with Gasteiger partial charge in [0.05, 0.1) is 20.6 Å². The number of benzene rings is 5. The number of ether oxygens (including phenoxy) is 1. The lowest BCUT2D eigenvalue weighted by Gasteiger charge is -2.34. The zero-order valence-corrected chi connectivity index (χ0v) is 30.7. The number of halogens is 2. The molecule has 1 atom stereocenters. The molecule has 1 aliphatic rings. The molecule has 1 fully saturated rings. The first-order chi connectivity index (χ1) is 25.2. The molecule has 0 saturated heterocycles. The lowest BCUT2D eigenvalue weighted by molar-refractivity contribution is -0.140. The summed E-state index contributed by atoms with van der Waals surface area (Å²) in [6, 6.07) is 37.2. The summed E-state index contributed by atoms with van der Waals surface area (Å²) in [5.41, 5.74) is 1.74. The highest BCUT2D eigenvalue weighted by Crippen LogP contribution is 2.30. The van der Waals surface area contributed by atoms with Crippen LogP contribution in [0.15, 0.2) is 138 Å². The number of hydrogen-bond acceptors (Lipinski definition) is 5. The first-order valence-electron chi connectivity index (χ1n) is 17.2. The van der Waals surface area contributed by atoms with Crippen LogP contribution in [-0.2, 0) is 32.6 Å². The molecule has 0 radical (unpaired) electrons. The number of amides is 2. The summed E-state index contributed by atoms with van der Waals surface area (Å²) in [4.78, 5) is 30.5. The zero-order valence-electron chi connectivity index (χ0n) is 28.4. The van der Waals surface area contributed by atoms with Crippen molar-refractivity contribution in [1.29, 1.82) is 0 Å². The lowest BCUT2D eigenvalue weighted by Crippen LogP contribution is -2.54. The quantitative estimate of drug-likeness (QED) is 0.122. The third kappa shape index (κ3) is 9.33. The number of carbonyl (C=O) groups is 2. The van der Waals surface area contributed by atoms with E-state index >= 15 is 0 Å². The van der Waals surface area contributed by atoms with Crippen LogP contribution in [-0.4, -0.2) is 43.8 Å². The molecule has 1 saturated carbocycles. The van der Waals surface area contributed by atoms with Crippen molar-refractivity contribution in [1.82, 2.24) is 10.2 Å². The van der Waals surface area contributed by atoms with Crippen molar-refractivity contribution in [2.45, 2.75) is 55.6 Å². The van der Waals surface area contributed by atoms with Crippen molar-refractivity contribution in [3.63, 3.8) is 0 Å². The van der Waals surface area contributed by atoms with Crippen LogP contribution < -0.4 is 14.4 Å². The molecule has 52 heavy (non-hydrogen) atoms. The van der Waals surface area contributed by atoms with E-state index in [4.69, 9.17) is 27.9 Å². The molecule has 1 N–H and O–H groups in total. The summed E-state index contributed by atoms with van der Waals surface area (Å²) >= 11 is 12.6. The minimum atomic E-state index is -4.26. The van der Waals surface area contributed by atoms with Crippen molar-refractivity contribution in [3.8, 4) is 11.5 Å². The molecular formula is C41H39Cl2N3O5S. The molecule has 8 nitrogen and oxygen atoms in total. The number of carbonyl (C=O) groups excluding carboxylic acids is 2. The number of sulfonamides is 1. The third-order valence-electron chi connectivity index (χ3n) is 9.02. The molecule has 0 aliphatic heterocycles. The van der Waals surface area contributed by atoms with Gasteiger partial charge < -0.3 is 15.0 Å². The second-order valence-corrected chi connectivity index (χ2v) is 15.4. The molecule has 6 rings (SSSR count). The van der Waals surface area contributed by atoms with Gasteiger partial charge in [0, 0.05) is 19.0 Å². The van der Waals surface area contributed by atoms with Crippen LogP contribution in [0.4, 0.5) is 5.69 Å². The molecule has 0 unspecified atom stereocenters. The van der Waals surface area contributed by atoms with Gasteiger partial charge in [-0.3, -0.25) is 13.9 Å². The van der Waals surface area contributed by atoms with Crippen molar-refractivity contribution < 1.29 is 22.7 Å². The second-order valence-electron chi connectivity index (χ2n) is 12.7. The van der Waals surface area contributed by atoms with Gasteiger partial charge in [0.1, 0.15) is 24.1 Å². The van der Waals surface area contributed by atoms with Gasteiger partial charge in [-0.2, -0.15) is 0 Å². The lowest BCUT2D eigenvalue weighted by atomic mass is 10.0. The fraction of sp³-hybridized carbons (Fsp3) is 0.220. The van der Waals surface area contributed by atoms with Gasteiger partial charge >= 0.3 is 0 Å². The van der Waals surface area contributed by atoms with Crippen LogP contribution in [0.5, 0.6) is 11.5 Å². The topological polar surface area (TPSA) is 96.0 Å². The van der Waals surface area contributed by atoms with Gasteiger partial charge in [-0.15, -0.1) is 0 Å². The highest BCUT2D eigenvalue weighted by atomic mass is 35.5. The van der Waals surface area contributed by atoms with E-state index in [1.165, 1.54) is 17.0 Å². The van der Waals surface area contributed by atoms with Crippen molar-refractivity contribution >= 4 is 50.7 Å². The van der Waals surface area contributed by atoms with E-state index < -0.39 is 28.5 Å². The predicted molar refractivity (Wildman–Crippen MR) is 205 cm³/mol. The molecule has 0 spiro atoms. The Morgan fingerprint density at radius 3 is 1.96 bits per heavy atom. The highest BCUT2D eigenvalue weighted by Gasteiger charge is 2.35. The summed E-state index contributed by atoms with van der Waals surface area (Å²) in [6.07, 6.45) is 3.96. The normalized spacial score (nSPS) is 13.7. The Kier molecular flexibility index (Phi) is 12.2. The van der Waals surface area contributed by atoms with Gasteiger partial charge in [-0.25, -0.2) is 8.42 Å². The van der Waals surface area contributed by atoms with Crippen LogP contribution in [0.25, 0.3) is 0 Å². The van der Waals surface area contributed by atoms with E-state index in [1.807, 2.05) is 60.7 Å². The fourth-order valence-electron chi connectivity index (χ4n) is 6.31. The molecule has 0 heterocycles. The van der Waals surface area contributed by atoms with Gasteiger partial charge in [-0.1, -0.05) is 109 Å². The molecule has 5 aromatic rings. The largest absolute Gasteiger partial charge is 0.457 e. The summed E-state index contributed by atoms with van der Waals surface area (Å²) in [5.74, 6) is 0.241. The molecular weight excluding hydrogens is 717 g/mol. The Bertz CT molecular complexity index is 2060. The maximum absolute atomic E-state index is 14.8. The molecule has 1 aliphatic carbocycles. The number of hydrogen-bond donors (Lipinski definition) is 1. The van der Waals surface area contributed by atoms with Crippen molar-refractivity contribution in [2.24, 2.45) is 0 Å². The molecule has 2 amide bonds. The Balaban J connectivity index is 1.39. The predicted octanol–water partition coefficient (Wildman–Crippen LogP) is 8.68. The van der Waals surface area contributed by atoms with Crippen LogP contribution in [0.2, 0.25) is 10.0 Å². The van der Waals surface area contributed by atoms with Crippen LogP contribution in [0.3, 0.4) is 0 Å². The van der Waals surface area contributed by atoms with E-state index in [2.05, 4.69) is 5.32 Å². The van der Waals surface area contributed by atoms with Gasteiger partial charge in [0.25, 0.3) is 10.0 Å². The summed E-state index contributed by atoms with van der Waals surface area (Å²) in [6.45, 7) is -0.603. The second kappa shape index (κ2) is 17.1. The number of anilines is 1. The molecule has 0 aromatic heterocycles. The maximum atomic E-state index is 14.8. The highest BCUT2D eigenvalue weighted by molar-refractivity contribution is 7.92. The minimum Gasteiger partial charge on any atom is -0.457 e. The molecule has 5 aromatic carbocycles. The number of rotatable bonds is 14. The summed E-state index contributed by atoms with van der Waals surface area (Å²) < 4.78 is 35.7. The van der Waals surface area contributed by atoms with E-state index in [1.54, 1.807) is 60.7 Å². The summed E-state index contributed by atoms with van der Waals surface area (Å²) in [5, 5.41) is 3.83. The molecule has 0 bridgehead atoms. The minimum absolute atomic E-state index is 0.000668. The smallest absolute Gasteiger partial charge is 0.264 e. The van der Waals surface area contributed by atoms with Crippen LogP contribution in [0, 0.1) is 0 Å². The monoisotopic (exact) mass is 755 g/mol. The fourth-order valence-corrected chi connectivity index (χ4v) is 8.07. The first-order valence-corrected chi connectivity index (χ1v) is 19.4. The number of nitrogens with one attached hydrogen (secondary N) is 1. The van der Waals surface area contributed by atoms with Crippen molar-refractivity contribution in [2.75, 3.05) is 10.8 Å². The van der Waals surface area contributed by atoms with E-state index in [-0.39, 0.29) is 35.5 Å². The van der Waals surface area contributed by atoms with Gasteiger partial charge in [0.15, 0.2) is 0 Å². The first kappa shape index (κ1) is 36.9. The van der Waals surface area contributed by atoms with E-state index in [9.17, 15) is 18.0 Å². The van der Waals surface area contributed by atoms with Crippen LogP contribution >= 0.6 is 23.2 Å². The average Bonchev–Trinajstić information content (AvgIpc) is 3.68. The molecule has 268 valence electrons. The SMILES string of the molecule is O=C(NC1CCCC1)[C@H](Cc1ccccc1)N(Cc1ccc(Cl)c(Cl)c1)C(=O)CN(c1ccc(Oc2ccccc2)cc1)S(=O)(=O)c1ccccc1. The van der Waals surface area contributed by atoms with Crippen molar-refractivity contribution in [3.05, 3.63) is 155 Å². The average molecular weight is 757 g/mol. The Labute approximate surface area is 315 Å². The van der Waals surface area contributed by atoms with E-state index in [0.29, 0.717) is 27.1 Å². The molecule has 11 heteroatoms. The van der Waals surface area contributed by atoms with Gasteiger partial charge in [-0.05, 0) is 84.6 Å². The zero-order chi connectivity index (χ0) is 36.5.